The molecule has 0 bridgehead atoms. The Labute approximate surface area is 370 Å². The predicted molar refractivity (Wildman–Crippen MR) is 271 cm³/mol. The van der Waals surface area contributed by atoms with Gasteiger partial charge in [-0.15, -0.1) is 0 Å². The van der Waals surface area contributed by atoms with Crippen molar-refractivity contribution >= 4 is 50.0 Å². The van der Waals surface area contributed by atoms with Crippen molar-refractivity contribution in [1.82, 2.24) is 0 Å². The SMILES string of the molecule is C=Cc1ccc(-c2c3ccccc3c(-c3ccc4c5c(ccc4c3)C3=C(C4=C(CCC=C4)C(=C)/C=C\C=C/C3)C53c4ccccc4-c4ccccc43)c3ccccc23)cc1/C=C\C. The van der Waals surface area contributed by atoms with Crippen molar-refractivity contribution in [2.75, 3.05) is 0 Å². The summed E-state index contributed by atoms with van der Waals surface area (Å²) in [6, 6.07) is 55.3. The van der Waals surface area contributed by atoms with Gasteiger partial charge in [-0.05, 0) is 165 Å². The van der Waals surface area contributed by atoms with Gasteiger partial charge in [0.2, 0.25) is 0 Å². The van der Waals surface area contributed by atoms with Crippen LogP contribution in [0.4, 0.5) is 0 Å². The molecule has 4 aliphatic rings. The second kappa shape index (κ2) is 14.5. The van der Waals surface area contributed by atoms with Crippen molar-refractivity contribution in [1.29, 1.82) is 0 Å². The number of rotatable bonds is 4. The van der Waals surface area contributed by atoms with E-state index in [0.717, 1.165) is 30.4 Å². The molecule has 298 valence electrons. The van der Waals surface area contributed by atoms with Gasteiger partial charge in [-0.2, -0.15) is 0 Å². The van der Waals surface area contributed by atoms with E-state index in [9.17, 15) is 0 Å². The molecule has 0 saturated heterocycles. The van der Waals surface area contributed by atoms with Crippen molar-refractivity contribution in [3.8, 4) is 33.4 Å². The van der Waals surface area contributed by atoms with Gasteiger partial charge < -0.3 is 0 Å². The molecule has 0 nitrogen and oxygen atoms in total. The molecule has 0 unspecified atom stereocenters. The molecular formula is C63H46. The highest BCUT2D eigenvalue weighted by molar-refractivity contribution is 6.22. The van der Waals surface area contributed by atoms with Crippen LogP contribution in [0.2, 0.25) is 0 Å². The van der Waals surface area contributed by atoms with Crippen LogP contribution in [0.25, 0.3) is 83.4 Å². The quantitative estimate of drug-likeness (QED) is 0.156. The van der Waals surface area contributed by atoms with Crippen molar-refractivity contribution < 1.29 is 0 Å². The normalized spacial score (nSPS) is 17.0. The first-order valence-corrected chi connectivity index (χ1v) is 22.4. The lowest BCUT2D eigenvalue weighted by atomic mass is 9.65. The maximum atomic E-state index is 4.67. The third kappa shape index (κ3) is 5.34. The minimum Gasteiger partial charge on any atom is -0.0984 e. The number of benzene rings is 8. The van der Waals surface area contributed by atoms with Crippen molar-refractivity contribution in [2.24, 2.45) is 0 Å². The summed E-state index contributed by atoms with van der Waals surface area (Å²) in [6.07, 6.45) is 22.8. The van der Waals surface area contributed by atoms with Gasteiger partial charge in [-0.25, -0.2) is 0 Å². The summed E-state index contributed by atoms with van der Waals surface area (Å²) < 4.78 is 0. The van der Waals surface area contributed by atoms with E-state index in [-0.39, 0.29) is 0 Å². The summed E-state index contributed by atoms with van der Waals surface area (Å²) in [6.45, 7) is 10.9. The van der Waals surface area contributed by atoms with Gasteiger partial charge in [-0.3, -0.25) is 0 Å². The second-order valence-electron chi connectivity index (χ2n) is 17.4. The highest BCUT2D eigenvalue weighted by atomic mass is 14.6. The molecule has 0 saturated carbocycles. The lowest BCUT2D eigenvalue weighted by Gasteiger charge is -2.36. The predicted octanol–water partition coefficient (Wildman–Crippen LogP) is 17.0. The van der Waals surface area contributed by atoms with E-state index in [1.54, 1.807) is 0 Å². The third-order valence-electron chi connectivity index (χ3n) is 14.2. The average molecular weight is 803 g/mol. The molecule has 0 amide bonds. The molecule has 0 fully saturated rings. The molecule has 63 heavy (non-hydrogen) atoms. The molecule has 8 aromatic rings. The Morgan fingerprint density at radius 2 is 1.19 bits per heavy atom. The molecule has 0 heteroatoms. The fraction of sp³-hybridized carbons (Fsp3) is 0.0794. The van der Waals surface area contributed by atoms with Crippen LogP contribution < -0.4 is 0 Å². The summed E-state index contributed by atoms with van der Waals surface area (Å²) in [5.41, 5.74) is 21.5. The van der Waals surface area contributed by atoms with Crippen molar-refractivity contribution in [3.05, 3.63) is 257 Å². The van der Waals surface area contributed by atoms with Gasteiger partial charge in [0.05, 0.1) is 5.41 Å². The molecule has 0 radical (unpaired) electrons. The van der Waals surface area contributed by atoms with Crippen molar-refractivity contribution in [3.63, 3.8) is 0 Å². The highest BCUT2D eigenvalue weighted by Gasteiger charge is 2.54. The molecule has 0 aromatic heterocycles. The van der Waals surface area contributed by atoms with E-state index in [0.29, 0.717) is 0 Å². The molecule has 4 aliphatic carbocycles. The Morgan fingerprint density at radius 1 is 0.556 bits per heavy atom. The van der Waals surface area contributed by atoms with E-state index < -0.39 is 5.41 Å². The first-order chi connectivity index (χ1) is 31.1. The zero-order valence-electron chi connectivity index (χ0n) is 35.6. The van der Waals surface area contributed by atoms with E-state index in [4.69, 9.17) is 0 Å². The highest BCUT2D eigenvalue weighted by Crippen LogP contribution is 2.66. The minimum atomic E-state index is -0.508. The van der Waals surface area contributed by atoms with Gasteiger partial charge in [0.25, 0.3) is 0 Å². The van der Waals surface area contributed by atoms with Crippen LogP contribution in [0.15, 0.2) is 224 Å². The fourth-order valence-electron chi connectivity index (χ4n) is 11.7. The summed E-state index contributed by atoms with van der Waals surface area (Å²) in [5.74, 6) is 0. The molecule has 1 spiro atoms. The lowest BCUT2D eigenvalue weighted by Crippen LogP contribution is -2.29. The molecule has 0 heterocycles. The third-order valence-corrected chi connectivity index (χ3v) is 14.2. The van der Waals surface area contributed by atoms with Gasteiger partial charge in [0.1, 0.15) is 0 Å². The van der Waals surface area contributed by atoms with Gasteiger partial charge in [0.15, 0.2) is 0 Å². The zero-order valence-corrected chi connectivity index (χ0v) is 35.6. The van der Waals surface area contributed by atoms with Gasteiger partial charge in [-0.1, -0.05) is 201 Å². The summed E-state index contributed by atoms with van der Waals surface area (Å²) >= 11 is 0. The van der Waals surface area contributed by atoms with Crippen LogP contribution in [0.1, 0.15) is 59.6 Å². The summed E-state index contributed by atoms with van der Waals surface area (Å²) in [7, 11) is 0. The summed E-state index contributed by atoms with van der Waals surface area (Å²) in [5, 5.41) is 7.56. The molecular weight excluding hydrogens is 757 g/mol. The Hall–Kier alpha value is -7.54. The second-order valence-corrected chi connectivity index (χ2v) is 17.4. The Morgan fingerprint density at radius 3 is 1.86 bits per heavy atom. The van der Waals surface area contributed by atoms with Gasteiger partial charge >= 0.3 is 0 Å². The molecule has 0 N–H and O–H groups in total. The molecule has 0 atom stereocenters. The van der Waals surface area contributed by atoms with Crippen LogP contribution >= 0.6 is 0 Å². The van der Waals surface area contributed by atoms with Gasteiger partial charge in [0, 0.05) is 0 Å². The lowest BCUT2D eigenvalue weighted by molar-refractivity contribution is 0.777. The topological polar surface area (TPSA) is 0 Å². The number of allylic oxidation sites excluding steroid dienone is 12. The standard InChI is InChI=1S/C63H46/c1-4-19-42-38-44(33-32-41(42)5-2)59-50-24-10-12-26-52(50)60(53-27-13-11-25-51(53)59)45-35-36-47-43(39-45)34-37-56-55-28-8-6-7-20-40(3)46-21-9-14-29-54(46)62(55)63(61(47)56)57-30-17-15-22-48(57)49-23-16-18-31-58(49)63/h4-8,10-20,22-27,29-39H,2-3,9,21,28H2,1H3/b8-6-,19-4-,20-7-. The Kier molecular flexibility index (Phi) is 8.60. The van der Waals surface area contributed by atoms with Crippen molar-refractivity contribution in [2.45, 2.75) is 31.6 Å². The zero-order chi connectivity index (χ0) is 42.2. The first-order valence-electron chi connectivity index (χ1n) is 22.4. The van der Waals surface area contributed by atoms with Crippen LogP contribution in [0, 0.1) is 0 Å². The fourth-order valence-corrected chi connectivity index (χ4v) is 11.7. The monoisotopic (exact) mass is 802 g/mol. The average Bonchev–Trinajstić information content (AvgIpc) is 3.79. The molecule has 12 rings (SSSR count). The van der Waals surface area contributed by atoms with E-state index in [2.05, 4.69) is 214 Å². The van der Waals surface area contributed by atoms with E-state index in [1.807, 2.05) is 6.08 Å². The van der Waals surface area contributed by atoms with Crippen LogP contribution in [-0.2, 0) is 5.41 Å². The number of fused-ring (bicyclic) bond motifs is 14. The van der Waals surface area contributed by atoms with Crippen LogP contribution in [0.3, 0.4) is 0 Å². The maximum absolute atomic E-state index is 4.67. The Balaban J connectivity index is 1.15. The summed E-state index contributed by atoms with van der Waals surface area (Å²) in [4.78, 5) is 0. The van der Waals surface area contributed by atoms with Crippen LogP contribution in [0.5, 0.6) is 0 Å². The van der Waals surface area contributed by atoms with Crippen LogP contribution in [-0.4, -0.2) is 0 Å². The largest absolute Gasteiger partial charge is 0.0984 e. The van der Waals surface area contributed by atoms with E-state index in [1.165, 1.54) is 116 Å². The Bertz CT molecular complexity index is 3410. The minimum absolute atomic E-state index is 0.508. The van der Waals surface area contributed by atoms with E-state index >= 15 is 0 Å². The smallest absolute Gasteiger partial charge is 0.0734 e. The first kappa shape index (κ1) is 37.2. The number of hydrogen-bond donors (Lipinski definition) is 0. The maximum Gasteiger partial charge on any atom is 0.0734 e. The molecule has 8 aromatic carbocycles. The number of hydrogen-bond acceptors (Lipinski definition) is 0. The molecule has 0 aliphatic heterocycles.